The molecule has 0 atom stereocenters. The molecule has 25 heavy (non-hydrogen) atoms. The van der Waals surface area contributed by atoms with E-state index in [9.17, 15) is 4.79 Å². The van der Waals surface area contributed by atoms with Gasteiger partial charge in [0.25, 0.3) is 0 Å². The summed E-state index contributed by atoms with van der Waals surface area (Å²) >= 11 is 0. The van der Waals surface area contributed by atoms with E-state index in [4.69, 9.17) is 14.9 Å². The van der Waals surface area contributed by atoms with E-state index >= 15 is 0 Å². The molecule has 0 aromatic heterocycles. The van der Waals surface area contributed by atoms with E-state index in [1.807, 2.05) is 24.3 Å². The summed E-state index contributed by atoms with van der Waals surface area (Å²) in [5.74, 6) is -0.114. The Bertz CT molecular complexity index is 479. The molecule has 1 aromatic carbocycles. The van der Waals surface area contributed by atoms with Crippen LogP contribution in [0.15, 0.2) is 30.3 Å². The van der Waals surface area contributed by atoms with Crippen molar-refractivity contribution in [3.8, 4) is 5.75 Å². The van der Waals surface area contributed by atoms with Gasteiger partial charge in [-0.05, 0) is 36.6 Å². The Kier molecular flexibility index (Phi) is 12.3. The molecule has 1 rings (SSSR count). The van der Waals surface area contributed by atoms with Crippen molar-refractivity contribution in [2.45, 2.75) is 64.2 Å². The summed E-state index contributed by atoms with van der Waals surface area (Å²) in [4.78, 5) is 10.5. The van der Waals surface area contributed by atoms with Crippen LogP contribution in [0.5, 0.6) is 5.75 Å². The van der Waals surface area contributed by atoms with E-state index in [1.165, 1.54) is 44.9 Å². The van der Waals surface area contributed by atoms with Crippen LogP contribution in [0.2, 0.25) is 0 Å². The van der Waals surface area contributed by atoms with Gasteiger partial charge in [-0.1, -0.05) is 63.5 Å². The van der Waals surface area contributed by atoms with Crippen LogP contribution in [0.4, 0.5) is 0 Å². The highest BCUT2D eigenvalue weighted by atomic mass is 16.5. The average molecular weight is 348 g/mol. The number of hydrogen-bond acceptors (Lipinski definition) is 3. The molecule has 140 valence electrons. The fourth-order valence-electron chi connectivity index (χ4n) is 2.66. The molecule has 0 amide bonds. The molecule has 0 saturated carbocycles. The standard InChI is InChI=1S/C21H32O4/c22-17-9-7-5-3-1-2-4-6-8-10-18-25-20-14-11-19(12-15-20)13-16-21(23)24/h11-16,22H,1-10,17-18H2,(H,23,24). The lowest BCUT2D eigenvalue weighted by Crippen LogP contribution is -1.97. The minimum absolute atomic E-state index is 0.327. The molecule has 0 aliphatic heterocycles. The van der Waals surface area contributed by atoms with E-state index in [1.54, 1.807) is 6.08 Å². The number of aliphatic hydroxyl groups is 1. The number of benzene rings is 1. The van der Waals surface area contributed by atoms with Crippen LogP contribution in [0.3, 0.4) is 0 Å². The monoisotopic (exact) mass is 348 g/mol. The van der Waals surface area contributed by atoms with Crippen LogP contribution in [0, 0.1) is 0 Å². The predicted octanol–water partition coefficient (Wildman–Crippen LogP) is 5.06. The summed E-state index contributed by atoms with van der Waals surface area (Å²) in [7, 11) is 0. The lowest BCUT2D eigenvalue weighted by Gasteiger charge is -2.06. The fourth-order valence-corrected chi connectivity index (χ4v) is 2.66. The predicted molar refractivity (Wildman–Crippen MR) is 102 cm³/mol. The number of ether oxygens (including phenoxy) is 1. The molecule has 0 radical (unpaired) electrons. The van der Waals surface area contributed by atoms with Gasteiger partial charge < -0.3 is 14.9 Å². The molecule has 2 N–H and O–H groups in total. The maximum Gasteiger partial charge on any atom is 0.328 e. The first-order chi connectivity index (χ1) is 12.2. The van der Waals surface area contributed by atoms with Crippen molar-refractivity contribution in [3.63, 3.8) is 0 Å². The van der Waals surface area contributed by atoms with Crippen LogP contribution in [-0.4, -0.2) is 29.4 Å². The molecule has 0 aliphatic carbocycles. The molecule has 0 spiro atoms. The van der Waals surface area contributed by atoms with Gasteiger partial charge in [0.1, 0.15) is 5.75 Å². The number of aliphatic hydroxyl groups excluding tert-OH is 1. The molecule has 1 aromatic rings. The molecule has 0 bridgehead atoms. The Labute approximate surface area is 151 Å². The molecular weight excluding hydrogens is 316 g/mol. The van der Waals surface area contributed by atoms with E-state index < -0.39 is 5.97 Å². The van der Waals surface area contributed by atoms with Gasteiger partial charge in [-0.3, -0.25) is 0 Å². The van der Waals surface area contributed by atoms with E-state index in [0.29, 0.717) is 6.61 Å². The highest BCUT2D eigenvalue weighted by Gasteiger charge is 1.96. The first kappa shape index (κ1) is 21.2. The molecule has 4 nitrogen and oxygen atoms in total. The van der Waals surface area contributed by atoms with Crippen molar-refractivity contribution in [1.29, 1.82) is 0 Å². The van der Waals surface area contributed by atoms with Gasteiger partial charge in [0, 0.05) is 12.7 Å². The van der Waals surface area contributed by atoms with Crippen LogP contribution >= 0.6 is 0 Å². The van der Waals surface area contributed by atoms with E-state index in [0.717, 1.165) is 43.3 Å². The number of carboxylic acids is 1. The molecule has 0 heterocycles. The third-order valence-corrected chi connectivity index (χ3v) is 4.12. The molecule has 0 unspecified atom stereocenters. The number of carbonyl (C=O) groups is 1. The Hall–Kier alpha value is -1.81. The number of rotatable bonds is 15. The molecule has 0 fully saturated rings. The Morgan fingerprint density at radius 3 is 1.88 bits per heavy atom. The smallest absolute Gasteiger partial charge is 0.328 e. The van der Waals surface area contributed by atoms with Gasteiger partial charge in [0.05, 0.1) is 6.61 Å². The van der Waals surface area contributed by atoms with Crippen LogP contribution in [0.1, 0.15) is 69.8 Å². The zero-order chi connectivity index (χ0) is 18.2. The van der Waals surface area contributed by atoms with Crippen molar-refractivity contribution < 1.29 is 19.7 Å². The summed E-state index contributed by atoms with van der Waals surface area (Å²) in [5, 5.41) is 17.3. The number of carboxylic acid groups (broad SMARTS) is 1. The zero-order valence-corrected chi connectivity index (χ0v) is 15.2. The number of unbranched alkanes of at least 4 members (excludes halogenated alkanes) is 9. The lowest BCUT2D eigenvalue weighted by molar-refractivity contribution is -0.131. The average Bonchev–Trinajstić information content (AvgIpc) is 2.62. The zero-order valence-electron chi connectivity index (χ0n) is 15.2. The quantitative estimate of drug-likeness (QED) is 0.343. The SMILES string of the molecule is O=C(O)C=Cc1ccc(OCCCCCCCCCCCCO)cc1. The van der Waals surface area contributed by atoms with Crippen molar-refractivity contribution >= 4 is 12.0 Å². The van der Waals surface area contributed by atoms with Crippen molar-refractivity contribution in [3.05, 3.63) is 35.9 Å². The van der Waals surface area contributed by atoms with Crippen LogP contribution in [-0.2, 0) is 4.79 Å². The van der Waals surface area contributed by atoms with Gasteiger partial charge in [-0.15, -0.1) is 0 Å². The van der Waals surface area contributed by atoms with Crippen molar-refractivity contribution in [2.75, 3.05) is 13.2 Å². The van der Waals surface area contributed by atoms with Crippen LogP contribution in [0.25, 0.3) is 6.08 Å². The highest BCUT2D eigenvalue weighted by Crippen LogP contribution is 2.15. The van der Waals surface area contributed by atoms with Gasteiger partial charge in [0.2, 0.25) is 0 Å². The molecule has 0 aliphatic rings. The van der Waals surface area contributed by atoms with Crippen molar-refractivity contribution in [2.24, 2.45) is 0 Å². The molecule has 4 heteroatoms. The number of hydrogen-bond donors (Lipinski definition) is 2. The van der Waals surface area contributed by atoms with Gasteiger partial charge in [-0.25, -0.2) is 4.79 Å². The summed E-state index contributed by atoms with van der Waals surface area (Å²) < 4.78 is 5.71. The highest BCUT2D eigenvalue weighted by molar-refractivity contribution is 5.85. The van der Waals surface area contributed by atoms with Gasteiger partial charge in [-0.2, -0.15) is 0 Å². The second kappa shape index (κ2) is 14.5. The van der Waals surface area contributed by atoms with E-state index in [-0.39, 0.29) is 0 Å². The summed E-state index contributed by atoms with van der Waals surface area (Å²) in [6.45, 7) is 1.06. The van der Waals surface area contributed by atoms with E-state index in [2.05, 4.69) is 0 Å². The minimum atomic E-state index is -0.943. The fraction of sp³-hybridized carbons (Fsp3) is 0.571. The summed E-state index contributed by atoms with van der Waals surface area (Å²) in [5.41, 5.74) is 0.853. The summed E-state index contributed by atoms with van der Waals surface area (Å²) in [6, 6.07) is 7.46. The normalized spacial score (nSPS) is 11.1. The van der Waals surface area contributed by atoms with Gasteiger partial charge in [0.15, 0.2) is 0 Å². The third kappa shape index (κ3) is 12.2. The third-order valence-electron chi connectivity index (χ3n) is 4.12. The Balaban J connectivity index is 1.96. The first-order valence-corrected chi connectivity index (χ1v) is 9.47. The second-order valence-corrected chi connectivity index (χ2v) is 6.35. The lowest BCUT2D eigenvalue weighted by atomic mass is 10.1. The van der Waals surface area contributed by atoms with Crippen molar-refractivity contribution in [1.82, 2.24) is 0 Å². The summed E-state index contributed by atoms with van der Waals surface area (Å²) in [6.07, 6.45) is 14.8. The minimum Gasteiger partial charge on any atom is -0.494 e. The Morgan fingerprint density at radius 1 is 0.840 bits per heavy atom. The first-order valence-electron chi connectivity index (χ1n) is 9.47. The van der Waals surface area contributed by atoms with Gasteiger partial charge >= 0.3 is 5.97 Å². The second-order valence-electron chi connectivity index (χ2n) is 6.35. The largest absolute Gasteiger partial charge is 0.494 e. The molecule has 0 saturated heterocycles. The maximum atomic E-state index is 10.5. The Morgan fingerprint density at radius 2 is 1.36 bits per heavy atom. The van der Waals surface area contributed by atoms with Crippen LogP contribution < -0.4 is 4.74 Å². The topological polar surface area (TPSA) is 66.8 Å². The number of aliphatic carboxylic acids is 1. The maximum absolute atomic E-state index is 10.5. The molecular formula is C21H32O4.